The molecule has 2 aromatic heterocycles. The average Bonchev–Trinajstić information content (AvgIpc) is 3.01. The molecule has 4 aromatic rings. The third-order valence-electron chi connectivity index (χ3n) is 4.57. The van der Waals surface area contributed by atoms with E-state index in [4.69, 9.17) is 21.9 Å². The molecule has 2 heterocycles. The number of nitrogens with two attached hydrogens (primary N) is 1. The van der Waals surface area contributed by atoms with Crippen molar-refractivity contribution in [1.82, 2.24) is 10.1 Å². The molecule has 0 unspecified atom stereocenters. The number of carbonyl (C=O) groups excluding carboxylic acids is 1. The van der Waals surface area contributed by atoms with Crippen LogP contribution in [0.4, 0.5) is 11.4 Å². The molecule has 28 heavy (non-hydrogen) atoms. The lowest BCUT2D eigenvalue weighted by Crippen LogP contribution is -2.14. The summed E-state index contributed by atoms with van der Waals surface area (Å²) in [4.78, 5) is 16.4. The molecular formula is C21H17ClN4O2. The van der Waals surface area contributed by atoms with Crippen molar-refractivity contribution >= 4 is 39.8 Å². The summed E-state index contributed by atoms with van der Waals surface area (Å²) >= 11 is 5.96. The van der Waals surface area contributed by atoms with E-state index in [2.05, 4.69) is 15.5 Å². The number of fused-ring (bicyclic) bond motifs is 1. The van der Waals surface area contributed by atoms with E-state index in [1.165, 1.54) is 6.20 Å². The number of aryl methyl sites for hydroxylation is 2. The molecule has 0 saturated carbocycles. The van der Waals surface area contributed by atoms with Crippen LogP contribution in [0.5, 0.6) is 0 Å². The van der Waals surface area contributed by atoms with Gasteiger partial charge in [-0.25, -0.2) is 0 Å². The van der Waals surface area contributed by atoms with E-state index in [0.29, 0.717) is 16.3 Å². The number of halogens is 1. The predicted octanol–water partition coefficient (Wildman–Crippen LogP) is 5.00. The third kappa shape index (κ3) is 3.18. The van der Waals surface area contributed by atoms with Gasteiger partial charge in [0.15, 0.2) is 0 Å². The Labute approximate surface area is 166 Å². The minimum absolute atomic E-state index is 0.313. The summed E-state index contributed by atoms with van der Waals surface area (Å²) in [6.07, 6.45) is 1.49. The molecule has 1 amide bonds. The zero-order valence-corrected chi connectivity index (χ0v) is 16.0. The molecule has 4 rings (SSSR count). The van der Waals surface area contributed by atoms with Crippen molar-refractivity contribution < 1.29 is 9.32 Å². The van der Waals surface area contributed by atoms with Gasteiger partial charge in [0.05, 0.1) is 22.5 Å². The summed E-state index contributed by atoms with van der Waals surface area (Å²) < 4.78 is 5.27. The Morgan fingerprint density at radius 2 is 1.89 bits per heavy atom. The van der Waals surface area contributed by atoms with E-state index in [1.54, 1.807) is 12.1 Å². The number of pyridine rings is 1. The molecule has 0 bridgehead atoms. The number of rotatable bonds is 4. The molecule has 0 saturated heterocycles. The Kier molecular flexibility index (Phi) is 4.49. The second-order valence-corrected chi connectivity index (χ2v) is 6.91. The molecule has 140 valence electrons. The van der Waals surface area contributed by atoms with Crippen LogP contribution < -0.4 is 11.1 Å². The summed E-state index contributed by atoms with van der Waals surface area (Å²) in [5, 5.41) is 8.69. The molecule has 6 nitrogen and oxygen atoms in total. The number of aromatic nitrogens is 2. The zero-order chi connectivity index (χ0) is 19.8. The van der Waals surface area contributed by atoms with Gasteiger partial charge in [-0.15, -0.1) is 0 Å². The lowest BCUT2D eigenvalue weighted by Gasteiger charge is -2.14. The number of anilines is 2. The van der Waals surface area contributed by atoms with Crippen LogP contribution >= 0.6 is 11.6 Å². The van der Waals surface area contributed by atoms with Crippen molar-refractivity contribution in [2.24, 2.45) is 5.73 Å². The molecule has 0 aliphatic rings. The average molecular weight is 393 g/mol. The van der Waals surface area contributed by atoms with E-state index in [0.717, 1.165) is 39.2 Å². The zero-order valence-electron chi connectivity index (χ0n) is 15.3. The van der Waals surface area contributed by atoms with E-state index >= 15 is 0 Å². The Bertz CT molecular complexity index is 1180. The van der Waals surface area contributed by atoms with Crippen molar-refractivity contribution in [3.05, 3.63) is 70.7 Å². The second-order valence-electron chi connectivity index (χ2n) is 6.47. The van der Waals surface area contributed by atoms with Crippen molar-refractivity contribution in [2.45, 2.75) is 13.8 Å². The molecule has 7 heteroatoms. The first-order chi connectivity index (χ1) is 13.4. The summed E-state index contributed by atoms with van der Waals surface area (Å²) in [7, 11) is 0. The fourth-order valence-corrected chi connectivity index (χ4v) is 3.37. The van der Waals surface area contributed by atoms with Crippen LogP contribution in [0.15, 0.2) is 53.2 Å². The molecule has 0 aliphatic carbocycles. The Morgan fingerprint density at radius 1 is 1.14 bits per heavy atom. The molecule has 0 aliphatic heterocycles. The molecule has 0 radical (unpaired) electrons. The monoisotopic (exact) mass is 392 g/mol. The summed E-state index contributed by atoms with van der Waals surface area (Å²) in [6.45, 7) is 3.77. The number of hydrogen-bond acceptors (Lipinski definition) is 5. The van der Waals surface area contributed by atoms with E-state index in [1.807, 2.05) is 44.2 Å². The van der Waals surface area contributed by atoms with E-state index < -0.39 is 5.91 Å². The fraction of sp³-hybridized carbons (Fsp3) is 0.0952. The first-order valence-electron chi connectivity index (χ1n) is 8.62. The molecule has 3 N–H and O–H groups in total. The molecule has 0 fully saturated rings. The highest BCUT2D eigenvalue weighted by atomic mass is 35.5. The van der Waals surface area contributed by atoms with Gasteiger partial charge in [0, 0.05) is 27.9 Å². The van der Waals surface area contributed by atoms with Crippen LogP contribution in [0, 0.1) is 13.8 Å². The van der Waals surface area contributed by atoms with Crippen LogP contribution in [0.1, 0.15) is 21.8 Å². The minimum Gasteiger partial charge on any atom is -0.365 e. The number of amides is 1. The van der Waals surface area contributed by atoms with Gasteiger partial charge in [0.25, 0.3) is 5.91 Å². The highest BCUT2D eigenvalue weighted by Gasteiger charge is 2.16. The van der Waals surface area contributed by atoms with Gasteiger partial charge < -0.3 is 15.6 Å². The van der Waals surface area contributed by atoms with Crippen LogP contribution in [0.2, 0.25) is 5.02 Å². The maximum atomic E-state index is 12.0. The van der Waals surface area contributed by atoms with Gasteiger partial charge in [-0.1, -0.05) is 28.9 Å². The van der Waals surface area contributed by atoms with Crippen molar-refractivity contribution in [3.63, 3.8) is 0 Å². The van der Waals surface area contributed by atoms with Crippen molar-refractivity contribution in [3.8, 4) is 11.1 Å². The predicted molar refractivity (Wildman–Crippen MR) is 110 cm³/mol. The number of nitrogens with zero attached hydrogens (tertiary/aromatic N) is 2. The quantitative estimate of drug-likeness (QED) is 0.509. The summed E-state index contributed by atoms with van der Waals surface area (Å²) in [5.41, 5.74) is 10.7. The maximum absolute atomic E-state index is 12.0. The number of benzene rings is 2. The largest absolute Gasteiger partial charge is 0.365 e. The number of nitrogens with one attached hydrogen (secondary N) is 1. The molecular weight excluding hydrogens is 376 g/mol. The van der Waals surface area contributed by atoms with Gasteiger partial charge in [-0.3, -0.25) is 9.78 Å². The SMILES string of the molecule is Cc1noc(C)c1-c1ccc2c(Nc3ccc(Cl)cc3)c(C(N)=O)cnc2c1. The van der Waals surface area contributed by atoms with Gasteiger partial charge >= 0.3 is 0 Å². The van der Waals surface area contributed by atoms with Crippen molar-refractivity contribution in [1.29, 1.82) is 0 Å². The standard InChI is InChI=1S/C21H17ClN4O2/c1-11-19(12(2)28-26-11)13-3-8-16-18(9-13)24-10-17(21(23)27)20(16)25-15-6-4-14(22)5-7-15/h3-10H,1-2H3,(H2,23,27)(H,24,25). The van der Waals surface area contributed by atoms with E-state index in [-0.39, 0.29) is 0 Å². The van der Waals surface area contributed by atoms with Crippen molar-refractivity contribution in [2.75, 3.05) is 5.32 Å². The molecule has 0 atom stereocenters. The summed E-state index contributed by atoms with van der Waals surface area (Å²) in [6, 6.07) is 13.0. The van der Waals surface area contributed by atoms with Crippen LogP contribution in [0.25, 0.3) is 22.0 Å². The smallest absolute Gasteiger partial charge is 0.252 e. The Balaban J connectivity index is 1.87. The van der Waals surface area contributed by atoms with Crippen LogP contribution in [0.3, 0.4) is 0 Å². The first-order valence-corrected chi connectivity index (χ1v) is 9.00. The lowest BCUT2D eigenvalue weighted by atomic mass is 10.0. The molecule has 0 spiro atoms. The second kappa shape index (κ2) is 6.98. The van der Waals surface area contributed by atoms with E-state index in [9.17, 15) is 4.79 Å². The molecule has 2 aromatic carbocycles. The van der Waals surface area contributed by atoms with Gasteiger partial charge in [0.2, 0.25) is 0 Å². The third-order valence-corrected chi connectivity index (χ3v) is 4.82. The Morgan fingerprint density at radius 3 is 2.54 bits per heavy atom. The topological polar surface area (TPSA) is 94.0 Å². The summed E-state index contributed by atoms with van der Waals surface area (Å²) in [5.74, 6) is 0.186. The number of primary amides is 1. The Hall–Kier alpha value is -3.38. The van der Waals surface area contributed by atoms with Gasteiger partial charge in [-0.2, -0.15) is 0 Å². The number of carbonyl (C=O) groups is 1. The minimum atomic E-state index is -0.555. The highest BCUT2D eigenvalue weighted by molar-refractivity contribution is 6.30. The maximum Gasteiger partial charge on any atom is 0.252 e. The van der Waals surface area contributed by atoms with Crippen LogP contribution in [-0.2, 0) is 0 Å². The van der Waals surface area contributed by atoms with Crippen LogP contribution in [-0.4, -0.2) is 16.0 Å². The highest BCUT2D eigenvalue weighted by Crippen LogP contribution is 2.34. The normalized spacial score (nSPS) is 11.0. The van der Waals surface area contributed by atoms with Gasteiger partial charge in [-0.05, 0) is 49.7 Å². The lowest BCUT2D eigenvalue weighted by molar-refractivity contribution is 0.100. The first kappa shape index (κ1) is 18.0. The van der Waals surface area contributed by atoms with Gasteiger partial charge in [0.1, 0.15) is 5.76 Å². The number of hydrogen-bond donors (Lipinski definition) is 2. The fourth-order valence-electron chi connectivity index (χ4n) is 3.24.